The Morgan fingerprint density at radius 3 is 2.43 bits per heavy atom. The van der Waals surface area contributed by atoms with Gasteiger partial charge in [-0.1, -0.05) is 12.1 Å². The fourth-order valence-electron chi connectivity index (χ4n) is 2.44. The standard InChI is InChI=1S/C14H21N3O3S/c1-10-5-6-11(2)14(13(10)15)21(19,20)17-8-4-7-16(3)12(18)9-17/h5-6H,4,7-9,15H2,1-3H3. The number of likely N-dealkylation sites (N-methyl/N-ethyl adjacent to an activating group) is 1. The number of nitrogens with zero attached hydrogens (tertiary/aromatic N) is 2. The molecule has 116 valence electrons. The third-order valence-corrected chi connectivity index (χ3v) is 5.90. The number of amides is 1. The third-order valence-electron chi connectivity index (χ3n) is 3.85. The summed E-state index contributed by atoms with van der Waals surface area (Å²) in [6.45, 7) is 4.24. The lowest BCUT2D eigenvalue weighted by Gasteiger charge is -2.22. The number of nitrogens with two attached hydrogens (primary N) is 1. The van der Waals surface area contributed by atoms with Crippen LogP contribution in [0.2, 0.25) is 0 Å². The van der Waals surface area contributed by atoms with Crippen molar-refractivity contribution in [3.63, 3.8) is 0 Å². The summed E-state index contributed by atoms with van der Waals surface area (Å²) < 4.78 is 27.0. The van der Waals surface area contributed by atoms with Crippen molar-refractivity contribution in [3.05, 3.63) is 23.3 Å². The normalized spacial score (nSPS) is 17.9. The molecule has 1 aromatic rings. The van der Waals surface area contributed by atoms with E-state index in [0.29, 0.717) is 25.1 Å². The van der Waals surface area contributed by atoms with Gasteiger partial charge in [0.15, 0.2) is 0 Å². The molecule has 2 N–H and O–H groups in total. The molecule has 1 aromatic carbocycles. The van der Waals surface area contributed by atoms with Gasteiger partial charge in [0.1, 0.15) is 4.90 Å². The van der Waals surface area contributed by atoms with Crippen LogP contribution in [0.1, 0.15) is 17.5 Å². The lowest BCUT2D eigenvalue weighted by Crippen LogP contribution is -2.38. The molecule has 0 saturated carbocycles. The van der Waals surface area contributed by atoms with Gasteiger partial charge in [-0.15, -0.1) is 0 Å². The van der Waals surface area contributed by atoms with Crippen molar-refractivity contribution in [1.82, 2.24) is 9.21 Å². The highest BCUT2D eigenvalue weighted by Gasteiger charge is 2.32. The second kappa shape index (κ2) is 5.65. The van der Waals surface area contributed by atoms with E-state index < -0.39 is 10.0 Å². The van der Waals surface area contributed by atoms with Gasteiger partial charge in [0.05, 0.1) is 12.2 Å². The number of hydrogen-bond donors (Lipinski definition) is 1. The molecule has 0 radical (unpaired) electrons. The minimum Gasteiger partial charge on any atom is -0.397 e. The lowest BCUT2D eigenvalue weighted by atomic mass is 10.1. The first kappa shape index (κ1) is 15.8. The average Bonchev–Trinajstić information content (AvgIpc) is 2.57. The average molecular weight is 311 g/mol. The number of hydrogen-bond acceptors (Lipinski definition) is 4. The van der Waals surface area contributed by atoms with Crippen LogP contribution in [0.4, 0.5) is 5.69 Å². The molecular formula is C14H21N3O3S. The predicted molar refractivity (Wildman–Crippen MR) is 81.3 cm³/mol. The number of carbonyl (C=O) groups is 1. The summed E-state index contributed by atoms with van der Waals surface area (Å²) in [4.78, 5) is 13.6. The minimum atomic E-state index is -3.76. The minimum absolute atomic E-state index is 0.125. The summed E-state index contributed by atoms with van der Waals surface area (Å²) >= 11 is 0. The van der Waals surface area contributed by atoms with Crippen molar-refractivity contribution in [1.29, 1.82) is 0 Å². The molecule has 0 bridgehead atoms. The Morgan fingerprint density at radius 1 is 1.14 bits per heavy atom. The SMILES string of the molecule is Cc1ccc(C)c(S(=O)(=O)N2CCCN(C)C(=O)C2)c1N. The molecule has 1 aliphatic rings. The van der Waals surface area contributed by atoms with Crippen LogP contribution in [0.25, 0.3) is 0 Å². The Morgan fingerprint density at radius 2 is 1.76 bits per heavy atom. The molecule has 6 nitrogen and oxygen atoms in total. The Balaban J connectivity index is 2.47. The summed E-state index contributed by atoms with van der Waals surface area (Å²) in [5, 5.41) is 0. The van der Waals surface area contributed by atoms with E-state index in [-0.39, 0.29) is 23.0 Å². The molecule has 1 heterocycles. The predicted octanol–water partition coefficient (Wildman–Crippen LogP) is 0.738. The van der Waals surface area contributed by atoms with Crippen LogP contribution in [0, 0.1) is 13.8 Å². The topological polar surface area (TPSA) is 83.7 Å². The highest BCUT2D eigenvalue weighted by molar-refractivity contribution is 7.89. The summed E-state index contributed by atoms with van der Waals surface area (Å²) in [5.41, 5.74) is 7.56. The molecule has 0 aromatic heterocycles. The number of benzene rings is 1. The van der Waals surface area contributed by atoms with Gasteiger partial charge in [-0.05, 0) is 31.4 Å². The molecule has 0 atom stereocenters. The van der Waals surface area contributed by atoms with Crippen LogP contribution >= 0.6 is 0 Å². The molecule has 1 aliphatic heterocycles. The van der Waals surface area contributed by atoms with E-state index in [1.54, 1.807) is 37.9 Å². The van der Waals surface area contributed by atoms with Crippen LogP contribution in [0.15, 0.2) is 17.0 Å². The van der Waals surface area contributed by atoms with E-state index in [2.05, 4.69) is 0 Å². The number of rotatable bonds is 2. The van der Waals surface area contributed by atoms with Crippen LogP contribution in [0.5, 0.6) is 0 Å². The largest absolute Gasteiger partial charge is 0.397 e. The van der Waals surface area contributed by atoms with Gasteiger partial charge in [0.2, 0.25) is 15.9 Å². The van der Waals surface area contributed by atoms with Crippen molar-refractivity contribution in [2.75, 3.05) is 32.4 Å². The van der Waals surface area contributed by atoms with Gasteiger partial charge < -0.3 is 10.6 Å². The van der Waals surface area contributed by atoms with Gasteiger partial charge in [-0.2, -0.15) is 4.31 Å². The van der Waals surface area contributed by atoms with Crippen LogP contribution in [-0.4, -0.2) is 50.2 Å². The zero-order chi connectivity index (χ0) is 15.8. The fourth-order valence-corrected chi connectivity index (χ4v) is 4.27. The highest BCUT2D eigenvalue weighted by atomic mass is 32.2. The molecule has 0 spiro atoms. The second-order valence-electron chi connectivity index (χ2n) is 5.45. The lowest BCUT2D eigenvalue weighted by molar-refractivity contribution is -0.129. The Labute approximate surface area is 125 Å². The smallest absolute Gasteiger partial charge is 0.245 e. The van der Waals surface area contributed by atoms with E-state index in [4.69, 9.17) is 5.73 Å². The van der Waals surface area contributed by atoms with E-state index >= 15 is 0 Å². The maximum Gasteiger partial charge on any atom is 0.245 e. The Hall–Kier alpha value is -1.60. The molecule has 0 unspecified atom stereocenters. The quantitative estimate of drug-likeness (QED) is 0.817. The van der Waals surface area contributed by atoms with Gasteiger partial charge >= 0.3 is 0 Å². The Bertz CT molecular complexity index is 670. The monoisotopic (exact) mass is 311 g/mol. The van der Waals surface area contributed by atoms with Crippen molar-refractivity contribution in [3.8, 4) is 0 Å². The molecule has 2 rings (SSSR count). The van der Waals surface area contributed by atoms with Crippen molar-refractivity contribution in [2.45, 2.75) is 25.2 Å². The number of aryl methyl sites for hydroxylation is 2. The summed E-state index contributed by atoms with van der Waals surface area (Å²) in [6, 6.07) is 3.54. The number of sulfonamides is 1. The summed E-state index contributed by atoms with van der Waals surface area (Å²) in [7, 11) is -2.08. The van der Waals surface area contributed by atoms with Crippen molar-refractivity contribution >= 4 is 21.6 Å². The first-order valence-corrected chi connectivity index (χ1v) is 8.29. The van der Waals surface area contributed by atoms with Gasteiger partial charge in [-0.3, -0.25) is 4.79 Å². The molecule has 1 amide bonds. The van der Waals surface area contributed by atoms with E-state index in [9.17, 15) is 13.2 Å². The number of carbonyl (C=O) groups excluding carboxylic acids is 1. The summed E-state index contributed by atoms with van der Waals surface area (Å²) in [5.74, 6) is -0.194. The fraction of sp³-hybridized carbons (Fsp3) is 0.500. The van der Waals surface area contributed by atoms with Gasteiger partial charge in [-0.25, -0.2) is 8.42 Å². The van der Waals surface area contributed by atoms with E-state index in [1.807, 2.05) is 0 Å². The highest BCUT2D eigenvalue weighted by Crippen LogP contribution is 2.29. The molecule has 0 aliphatic carbocycles. The third kappa shape index (κ3) is 2.89. The van der Waals surface area contributed by atoms with E-state index in [0.717, 1.165) is 5.56 Å². The Kier molecular flexibility index (Phi) is 4.25. The van der Waals surface area contributed by atoms with Crippen molar-refractivity contribution < 1.29 is 13.2 Å². The first-order chi connectivity index (χ1) is 9.75. The van der Waals surface area contributed by atoms with Crippen LogP contribution < -0.4 is 5.73 Å². The zero-order valence-corrected chi connectivity index (χ0v) is 13.4. The van der Waals surface area contributed by atoms with Gasteiger partial charge in [0, 0.05) is 20.1 Å². The van der Waals surface area contributed by atoms with Crippen molar-refractivity contribution in [2.24, 2.45) is 0 Å². The maximum absolute atomic E-state index is 12.9. The molecule has 1 fully saturated rings. The number of nitrogen functional groups attached to an aromatic ring is 1. The molecule has 21 heavy (non-hydrogen) atoms. The number of anilines is 1. The van der Waals surface area contributed by atoms with Gasteiger partial charge in [0.25, 0.3) is 0 Å². The molecule has 1 saturated heterocycles. The second-order valence-corrected chi connectivity index (χ2v) is 7.32. The zero-order valence-electron chi connectivity index (χ0n) is 12.6. The molecule has 7 heteroatoms. The maximum atomic E-state index is 12.9. The summed E-state index contributed by atoms with van der Waals surface area (Å²) in [6.07, 6.45) is 0.617. The van der Waals surface area contributed by atoms with Crippen LogP contribution in [0.3, 0.4) is 0 Å². The first-order valence-electron chi connectivity index (χ1n) is 6.85. The van der Waals surface area contributed by atoms with E-state index in [1.165, 1.54) is 4.31 Å². The van der Waals surface area contributed by atoms with Crippen LogP contribution in [-0.2, 0) is 14.8 Å². The molecular weight excluding hydrogens is 290 g/mol.